The van der Waals surface area contributed by atoms with Crippen LogP contribution in [-0.2, 0) is 4.74 Å². The third-order valence-electron chi connectivity index (χ3n) is 4.49. The van der Waals surface area contributed by atoms with Crippen molar-refractivity contribution < 1.29 is 9.47 Å². The van der Waals surface area contributed by atoms with Gasteiger partial charge in [-0.1, -0.05) is 11.6 Å². The third-order valence-corrected chi connectivity index (χ3v) is 6.16. The minimum atomic E-state index is 0. The van der Waals surface area contributed by atoms with Crippen molar-refractivity contribution in [2.75, 3.05) is 53.3 Å². The van der Waals surface area contributed by atoms with E-state index in [4.69, 9.17) is 21.1 Å². The number of nitrogens with one attached hydrogen (secondary N) is 1. The van der Waals surface area contributed by atoms with Gasteiger partial charge in [-0.25, -0.2) is 0 Å². The molecule has 0 spiro atoms. The van der Waals surface area contributed by atoms with Crippen LogP contribution >= 0.6 is 47.3 Å². The number of thioether (sulfide) groups is 1. The molecule has 1 fully saturated rings. The largest absolute Gasteiger partial charge is 0.492 e. The van der Waals surface area contributed by atoms with Gasteiger partial charge in [-0.05, 0) is 43.4 Å². The van der Waals surface area contributed by atoms with E-state index in [0.29, 0.717) is 11.6 Å². The number of aliphatic imine (C=N–C) groups is 1. The first-order valence-electron chi connectivity index (χ1n) is 8.51. The molecule has 0 saturated carbocycles. The van der Waals surface area contributed by atoms with Crippen molar-refractivity contribution in [1.29, 1.82) is 0 Å². The summed E-state index contributed by atoms with van der Waals surface area (Å²) in [6, 6.07) is 7.42. The molecule has 26 heavy (non-hydrogen) atoms. The van der Waals surface area contributed by atoms with Crippen LogP contribution < -0.4 is 10.1 Å². The van der Waals surface area contributed by atoms with E-state index in [1.807, 2.05) is 50.1 Å². The monoisotopic (exact) mass is 513 g/mol. The maximum absolute atomic E-state index is 5.88. The number of likely N-dealkylation sites (N-methyl/N-ethyl adjacent to an activating group) is 1. The van der Waals surface area contributed by atoms with Gasteiger partial charge in [0.2, 0.25) is 0 Å². The van der Waals surface area contributed by atoms with E-state index < -0.39 is 0 Å². The highest BCUT2D eigenvalue weighted by atomic mass is 127. The standard InChI is InChI=1S/C18H28ClN3O2S.HI/c1-20-17(21-14-18(25-3)8-11-23-12-9-18)22(2)10-13-24-16-6-4-15(19)5-7-16;/h4-7H,8-14H2,1-3H3,(H,20,21);1H. The van der Waals surface area contributed by atoms with Crippen molar-refractivity contribution in [2.24, 2.45) is 4.99 Å². The van der Waals surface area contributed by atoms with E-state index in [9.17, 15) is 0 Å². The molecular weight excluding hydrogens is 485 g/mol. The molecule has 1 heterocycles. The van der Waals surface area contributed by atoms with Gasteiger partial charge in [0.15, 0.2) is 5.96 Å². The Bertz CT molecular complexity index is 554. The van der Waals surface area contributed by atoms with Crippen LogP contribution in [0.3, 0.4) is 0 Å². The van der Waals surface area contributed by atoms with Gasteiger partial charge < -0.3 is 19.7 Å². The zero-order chi connectivity index (χ0) is 18.1. The van der Waals surface area contributed by atoms with Crippen LogP contribution in [0.15, 0.2) is 29.3 Å². The first-order valence-corrected chi connectivity index (χ1v) is 10.1. The third kappa shape index (κ3) is 7.32. The highest BCUT2D eigenvalue weighted by molar-refractivity contribution is 14.0. The fourth-order valence-electron chi connectivity index (χ4n) is 2.76. The molecule has 1 N–H and O–H groups in total. The molecule has 0 amide bonds. The molecule has 8 heteroatoms. The van der Waals surface area contributed by atoms with E-state index in [1.54, 1.807) is 0 Å². The maximum Gasteiger partial charge on any atom is 0.193 e. The summed E-state index contributed by atoms with van der Waals surface area (Å²) < 4.78 is 11.5. The summed E-state index contributed by atoms with van der Waals surface area (Å²) in [5.41, 5.74) is 0. The molecular formula is C18H29ClIN3O2S. The number of guanidine groups is 1. The molecule has 1 aliphatic heterocycles. The topological polar surface area (TPSA) is 46.1 Å². The average molecular weight is 514 g/mol. The fourth-order valence-corrected chi connectivity index (χ4v) is 3.68. The molecule has 1 aliphatic rings. The zero-order valence-electron chi connectivity index (χ0n) is 15.7. The smallest absolute Gasteiger partial charge is 0.193 e. The summed E-state index contributed by atoms with van der Waals surface area (Å²) in [5, 5.41) is 4.23. The predicted molar refractivity (Wildman–Crippen MR) is 123 cm³/mol. The molecule has 0 radical (unpaired) electrons. The number of rotatable bonds is 7. The van der Waals surface area contributed by atoms with Gasteiger partial charge in [0.1, 0.15) is 12.4 Å². The van der Waals surface area contributed by atoms with Crippen LogP contribution in [0.1, 0.15) is 12.8 Å². The van der Waals surface area contributed by atoms with E-state index in [-0.39, 0.29) is 28.7 Å². The lowest BCUT2D eigenvalue weighted by Crippen LogP contribution is -2.48. The number of ether oxygens (including phenoxy) is 2. The van der Waals surface area contributed by atoms with Crippen LogP contribution in [0.5, 0.6) is 5.75 Å². The first kappa shape index (κ1) is 23.7. The SMILES string of the molecule is CN=C(NCC1(SC)CCOCC1)N(C)CCOc1ccc(Cl)cc1.I. The summed E-state index contributed by atoms with van der Waals surface area (Å²) in [4.78, 5) is 6.48. The van der Waals surface area contributed by atoms with Crippen molar-refractivity contribution >= 4 is 53.3 Å². The minimum absolute atomic E-state index is 0. The molecule has 1 aromatic rings. The Hall–Kier alpha value is -0.380. The zero-order valence-corrected chi connectivity index (χ0v) is 19.6. The highest BCUT2D eigenvalue weighted by Gasteiger charge is 2.32. The van der Waals surface area contributed by atoms with Crippen LogP contribution in [0.4, 0.5) is 0 Å². The maximum atomic E-state index is 5.88. The molecule has 148 valence electrons. The van der Waals surface area contributed by atoms with Gasteiger partial charge in [-0.3, -0.25) is 4.99 Å². The van der Waals surface area contributed by atoms with Crippen LogP contribution in [-0.4, -0.2) is 68.9 Å². The second-order valence-corrected chi connectivity index (χ2v) is 7.83. The van der Waals surface area contributed by atoms with Crippen molar-refractivity contribution in [1.82, 2.24) is 10.2 Å². The van der Waals surface area contributed by atoms with Crippen LogP contribution in [0.25, 0.3) is 0 Å². The van der Waals surface area contributed by atoms with Gasteiger partial charge >= 0.3 is 0 Å². The summed E-state index contributed by atoms with van der Waals surface area (Å²) in [7, 11) is 3.84. The number of nitrogens with zero attached hydrogens (tertiary/aromatic N) is 2. The summed E-state index contributed by atoms with van der Waals surface area (Å²) in [5.74, 6) is 1.71. The number of benzene rings is 1. The van der Waals surface area contributed by atoms with Gasteiger partial charge in [0.05, 0.1) is 6.54 Å². The molecule has 5 nitrogen and oxygen atoms in total. The minimum Gasteiger partial charge on any atom is -0.492 e. The fraction of sp³-hybridized carbons (Fsp3) is 0.611. The van der Waals surface area contributed by atoms with Gasteiger partial charge in [0.25, 0.3) is 0 Å². The highest BCUT2D eigenvalue weighted by Crippen LogP contribution is 2.33. The Labute approximate surface area is 183 Å². The summed E-state index contributed by atoms with van der Waals surface area (Å²) >= 11 is 7.80. The Balaban J connectivity index is 0.00000338. The van der Waals surface area contributed by atoms with Gasteiger partial charge in [0, 0.05) is 43.6 Å². The Morgan fingerprint density at radius 3 is 2.58 bits per heavy atom. The Kier molecular flexibility index (Phi) is 11.1. The summed E-state index contributed by atoms with van der Waals surface area (Å²) in [6.07, 6.45) is 4.32. The second kappa shape index (κ2) is 12.2. The average Bonchev–Trinajstić information content (AvgIpc) is 2.64. The number of hydrogen-bond acceptors (Lipinski definition) is 4. The second-order valence-electron chi connectivity index (χ2n) is 6.12. The van der Waals surface area contributed by atoms with Gasteiger partial charge in [-0.2, -0.15) is 11.8 Å². The lowest BCUT2D eigenvalue weighted by atomic mass is 9.99. The molecule has 2 rings (SSSR count). The van der Waals surface area contributed by atoms with Gasteiger partial charge in [-0.15, -0.1) is 24.0 Å². The predicted octanol–water partition coefficient (Wildman–Crippen LogP) is 3.76. The molecule has 0 aromatic heterocycles. The molecule has 0 atom stereocenters. The number of hydrogen-bond donors (Lipinski definition) is 1. The lowest BCUT2D eigenvalue weighted by molar-refractivity contribution is 0.0781. The molecule has 1 aromatic carbocycles. The molecule has 0 unspecified atom stereocenters. The normalized spacial score (nSPS) is 16.5. The van der Waals surface area contributed by atoms with Crippen molar-refractivity contribution in [3.63, 3.8) is 0 Å². The van der Waals surface area contributed by atoms with E-state index in [0.717, 1.165) is 50.9 Å². The van der Waals surface area contributed by atoms with Crippen LogP contribution in [0.2, 0.25) is 5.02 Å². The Morgan fingerprint density at radius 2 is 2.00 bits per heavy atom. The van der Waals surface area contributed by atoms with E-state index in [2.05, 4.69) is 21.5 Å². The summed E-state index contributed by atoms with van der Waals surface area (Å²) in [6.45, 7) is 3.91. The first-order chi connectivity index (χ1) is 12.1. The Morgan fingerprint density at radius 1 is 1.35 bits per heavy atom. The van der Waals surface area contributed by atoms with E-state index in [1.165, 1.54) is 0 Å². The molecule has 1 saturated heterocycles. The van der Waals surface area contributed by atoms with Crippen molar-refractivity contribution in [3.8, 4) is 5.75 Å². The number of halogens is 2. The van der Waals surface area contributed by atoms with Crippen molar-refractivity contribution in [2.45, 2.75) is 17.6 Å². The lowest BCUT2D eigenvalue weighted by Gasteiger charge is -2.36. The van der Waals surface area contributed by atoms with Crippen LogP contribution in [0, 0.1) is 0 Å². The quantitative estimate of drug-likeness (QED) is 0.342. The molecule has 0 bridgehead atoms. The van der Waals surface area contributed by atoms with Crippen molar-refractivity contribution in [3.05, 3.63) is 29.3 Å². The molecule has 0 aliphatic carbocycles. The van der Waals surface area contributed by atoms with E-state index >= 15 is 0 Å².